The summed E-state index contributed by atoms with van der Waals surface area (Å²) in [5, 5.41) is 3.47. The number of anilines is 2. The highest BCUT2D eigenvalue weighted by Gasteiger charge is 2.57. The molecule has 2 amide bonds. The Balaban J connectivity index is 1.36. The molecule has 2 aliphatic rings. The number of likely N-dealkylation sites (tertiary alicyclic amines) is 1. The molecule has 0 saturated carbocycles. The van der Waals surface area contributed by atoms with Crippen molar-refractivity contribution in [2.24, 2.45) is 0 Å². The third-order valence-electron chi connectivity index (χ3n) is 7.43. The maximum absolute atomic E-state index is 14.0. The fourth-order valence-electron chi connectivity index (χ4n) is 5.83. The van der Waals surface area contributed by atoms with Crippen LogP contribution < -0.4 is 15.0 Å². The lowest BCUT2D eigenvalue weighted by molar-refractivity contribution is -0.136. The minimum absolute atomic E-state index is 0.105. The topological polar surface area (TPSA) is 87.7 Å². The Morgan fingerprint density at radius 1 is 1.08 bits per heavy atom. The standard InChI is InChI=1S/C28H27N5O3S/c1-18(34)33-15-14-28(17-32(16-19-8-4-3-5-9-19)22-11-7-6-10-20(22)28)24(33)25(35)31-27-29-21-12-13-23(36-2)30-26(21)37-27/h3-13,24H,14-17H2,1-2H3,(H,29,31,35). The van der Waals surface area contributed by atoms with Crippen molar-refractivity contribution in [2.75, 3.05) is 30.4 Å². The summed E-state index contributed by atoms with van der Waals surface area (Å²) in [7, 11) is 1.56. The van der Waals surface area contributed by atoms with Crippen molar-refractivity contribution in [2.45, 2.75) is 31.3 Å². The predicted molar refractivity (Wildman–Crippen MR) is 144 cm³/mol. The van der Waals surface area contributed by atoms with Gasteiger partial charge in [-0.3, -0.25) is 9.59 Å². The quantitative estimate of drug-likeness (QED) is 0.430. The first kappa shape index (κ1) is 23.4. The van der Waals surface area contributed by atoms with Gasteiger partial charge in [0.1, 0.15) is 16.4 Å². The number of thiazole rings is 1. The molecule has 6 rings (SSSR count). The molecule has 0 aliphatic carbocycles. The van der Waals surface area contributed by atoms with Gasteiger partial charge in [0.15, 0.2) is 5.13 Å². The summed E-state index contributed by atoms with van der Waals surface area (Å²) in [5.74, 6) is 0.161. The number of ether oxygens (including phenoxy) is 1. The second-order valence-corrected chi connectivity index (χ2v) is 10.5. The molecule has 8 nitrogen and oxygen atoms in total. The normalized spacial score (nSPS) is 20.4. The van der Waals surface area contributed by atoms with Gasteiger partial charge >= 0.3 is 0 Å². The lowest BCUT2D eigenvalue weighted by atomic mass is 9.75. The highest BCUT2D eigenvalue weighted by atomic mass is 32.1. The zero-order valence-corrected chi connectivity index (χ0v) is 21.5. The van der Waals surface area contributed by atoms with E-state index >= 15 is 0 Å². The van der Waals surface area contributed by atoms with E-state index in [2.05, 4.69) is 44.5 Å². The molecule has 2 aromatic carbocycles. The third-order valence-corrected chi connectivity index (χ3v) is 8.31. The summed E-state index contributed by atoms with van der Waals surface area (Å²) >= 11 is 1.29. The molecule has 2 aromatic heterocycles. The Hall–Kier alpha value is -3.98. The Morgan fingerprint density at radius 3 is 2.65 bits per heavy atom. The van der Waals surface area contributed by atoms with Gasteiger partial charge in [-0.1, -0.05) is 59.9 Å². The molecule has 2 atom stereocenters. The minimum Gasteiger partial charge on any atom is -0.481 e. The zero-order chi connectivity index (χ0) is 25.6. The van der Waals surface area contributed by atoms with Crippen LogP contribution in [0.15, 0.2) is 66.7 Å². The van der Waals surface area contributed by atoms with Gasteiger partial charge in [0, 0.05) is 43.7 Å². The molecule has 1 N–H and O–H groups in total. The van der Waals surface area contributed by atoms with Crippen LogP contribution >= 0.6 is 11.3 Å². The first-order valence-electron chi connectivity index (χ1n) is 12.3. The zero-order valence-electron chi connectivity index (χ0n) is 20.7. The molecule has 4 heterocycles. The number of hydrogen-bond acceptors (Lipinski definition) is 7. The van der Waals surface area contributed by atoms with Crippen LogP contribution in [0.2, 0.25) is 0 Å². The molecule has 2 unspecified atom stereocenters. The number of aromatic nitrogens is 2. The van der Waals surface area contributed by atoms with Crippen LogP contribution in [-0.2, 0) is 21.5 Å². The number of hydrogen-bond donors (Lipinski definition) is 1. The van der Waals surface area contributed by atoms with E-state index < -0.39 is 11.5 Å². The van der Waals surface area contributed by atoms with Crippen LogP contribution in [0.4, 0.5) is 10.8 Å². The minimum atomic E-state index is -0.651. The molecular formula is C28H27N5O3S. The molecule has 1 saturated heterocycles. The lowest BCUT2D eigenvalue weighted by Gasteiger charge is -2.34. The summed E-state index contributed by atoms with van der Waals surface area (Å²) in [4.78, 5) is 40.4. The maximum atomic E-state index is 14.0. The van der Waals surface area contributed by atoms with E-state index in [0.29, 0.717) is 40.9 Å². The second-order valence-electron chi connectivity index (χ2n) is 9.57. The Bertz CT molecular complexity index is 1490. The molecule has 2 aliphatic heterocycles. The van der Waals surface area contributed by atoms with Crippen LogP contribution in [0, 0.1) is 0 Å². The summed E-state index contributed by atoms with van der Waals surface area (Å²) in [5.41, 5.74) is 3.61. The van der Waals surface area contributed by atoms with E-state index in [9.17, 15) is 9.59 Å². The summed E-state index contributed by atoms with van der Waals surface area (Å²) in [6, 6.07) is 21.5. The van der Waals surface area contributed by atoms with Gasteiger partial charge < -0.3 is 19.9 Å². The molecule has 0 bridgehead atoms. The fourth-order valence-corrected chi connectivity index (χ4v) is 6.66. The number of methoxy groups -OCH3 is 1. The van der Waals surface area contributed by atoms with Gasteiger partial charge in [-0.05, 0) is 29.7 Å². The fraction of sp³-hybridized carbons (Fsp3) is 0.286. The molecule has 4 aromatic rings. The number of para-hydroxylation sites is 1. The van der Waals surface area contributed by atoms with E-state index in [1.165, 1.54) is 23.8 Å². The van der Waals surface area contributed by atoms with Crippen molar-refractivity contribution in [3.05, 3.63) is 77.9 Å². The van der Waals surface area contributed by atoms with Gasteiger partial charge in [0.2, 0.25) is 17.7 Å². The van der Waals surface area contributed by atoms with Crippen LogP contribution in [0.1, 0.15) is 24.5 Å². The van der Waals surface area contributed by atoms with Crippen LogP contribution in [0.3, 0.4) is 0 Å². The van der Waals surface area contributed by atoms with Crippen molar-refractivity contribution >= 4 is 44.3 Å². The van der Waals surface area contributed by atoms with Gasteiger partial charge in [0.25, 0.3) is 0 Å². The Morgan fingerprint density at radius 2 is 1.86 bits per heavy atom. The SMILES string of the molecule is COc1ccc2nc(NC(=O)C3N(C(C)=O)CCC34CN(Cc3ccccc3)c3ccccc34)sc2n1. The Labute approximate surface area is 218 Å². The smallest absolute Gasteiger partial charge is 0.249 e. The number of amides is 2. The van der Waals surface area contributed by atoms with Crippen LogP contribution in [0.5, 0.6) is 5.88 Å². The van der Waals surface area contributed by atoms with Crippen molar-refractivity contribution in [3.8, 4) is 5.88 Å². The van der Waals surface area contributed by atoms with Crippen molar-refractivity contribution < 1.29 is 14.3 Å². The van der Waals surface area contributed by atoms with Crippen molar-refractivity contribution in [1.82, 2.24) is 14.9 Å². The molecule has 188 valence electrons. The third kappa shape index (κ3) is 3.99. The second kappa shape index (κ2) is 9.15. The van der Waals surface area contributed by atoms with E-state index in [0.717, 1.165) is 17.8 Å². The largest absolute Gasteiger partial charge is 0.481 e. The van der Waals surface area contributed by atoms with Gasteiger partial charge in [0.05, 0.1) is 7.11 Å². The molecule has 1 spiro atoms. The average Bonchev–Trinajstić information content (AvgIpc) is 3.58. The number of carbonyl (C=O) groups is 2. The number of pyridine rings is 1. The molecular weight excluding hydrogens is 486 g/mol. The molecule has 37 heavy (non-hydrogen) atoms. The molecule has 9 heteroatoms. The molecule has 1 fully saturated rings. The number of nitrogens with one attached hydrogen (secondary N) is 1. The number of carbonyl (C=O) groups excluding carboxylic acids is 2. The van der Waals surface area contributed by atoms with Gasteiger partial charge in [-0.25, -0.2) is 9.97 Å². The van der Waals surface area contributed by atoms with E-state index in [1.54, 1.807) is 18.1 Å². The Kier molecular flexibility index (Phi) is 5.79. The average molecular weight is 514 g/mol. The van der Waals surface area contributed by atoms with E-state index in [4.69, 9.17) is 4.74 Å². The van der Waals surface area contributed by atoms with Crippen molar-refractivity contribution in [3.63, 3.8) is 0 Å². The van der Waals surface area contributed by atoms with E-state index in [1.807, 2.05) is 36.4 Å². The summed E-state index contributed by atoms with van der Waals surface area (Å²) in [6.07, 6.45) is 0.714. The first-order valence-corrected chi connectivity index (χ1v) is 13.1. The number of rotatable bonds is 5. The lowest BCUT2D eigenvalue weighted by Crippen LogP contribution is -2.53. The highest BCUT2D eigenvalue weighted by molar-refractivity contribution is 7.22. The van der Waals surface area contributed by atoms with Crippen LogP contribution in [-0.4, -0.2) is 52.9 Å². The molecule has 0 radical (unpaired) electrons. The van der Waals surface area contributed by atoms with Crippen molar-refractivity contribution in [1.29, 1.82) is 0 Å². The maximum Gasteiger partial charge on any atom is 0.249 e. The summed E-state index contributed by atoms with van der Waals surface area (Å²) in [6.45, 7) is 3.45. The highest BCUT2D eigenvalue weighted by Crippen LogP contribution is 2.50. The van der Waals surface area contributed by atoms with Gasteiger partial charge in [-0.2, -0.15) is 0 Å². The van der Waals surface area contributed by atoms with E-state index in [-0.39, 0.29) is 11.8 Å². The van der Waals surface area contributed by atoms with Gasteiger partial charge in [-0.15, -0.1) is 0 Å². The number of fused-ring (bicyclic) bond motifs is 3. The number of benzene rings is 2. The number of nitrogens with zero attached hydrogens (tertiary/aromatic N) is 4. The summed E-state index contributed by atoms with van der Waals surface area (Å²) < 4.78 is 5.22. The predicted octanol–water partition coefficient (Wildman–Crippen LogP) is 4.22. The monoisotopic (exact) mass is 513 g/mol. The van der Waals surface area contributed by atoms with Crippen LogP contribution in [0.25, 0.3) is 10.3 Å². The first-order chi connectivity index (χ1) is 18.0.